The molecule has 0 radical (unpaired) electrons. The smallest absolute Gasteiger partial charge is 0.168 e. The van der Waals surface area contributed by atoms with Crippen molar-refractivity contribution in [2.75, 3.05) is 0 Å². The van der Waals surface area contributed by atoms with Gasteiger partial charge < -0.3 is 13.6 Å². The summed E-state index contributed by atoms with van der Waals surface area (Å²) < 4.78 is 13.5. The van der Waals surface area contributed by atoms with E-state index in [1.165, 1.54) is 10.8 Å². The Balaban J connectivity index is 1.05. The molecule has 0 N–H and O–H groups in total. The minimum atomic E-state index is 0.792. The van der Waals surface area contributed by atoms with E-state index in [1.54, 1.807) is 0 Å². The molecule has 0 saturated carbocycles. The number of furan rings is 1. The average Bonchev–Trinajstić information content (AvgIpc) is 4.03. The normalized spacial score (nSPS) is 11.9. The van der Waals surface area contributed by atoms with Gasteiger partial charge in [-0.2, -0.15) is 0 Å². The fourth-order valence-electron chi connectivity index (χ4n) is 8.74. The van der Waals surface area contributed by atoms with Crippen molar-refractivity contribution in [3.05, 3.63) is 188 Å². The van der Waals surface area contributed by atoms with Crippen molar-refractivity contribution >= 4 is 65.6 Å². The van der Waals surface area contributed by atoms with Crippen LogP contribution < -0.4 is 0 Å². The van der Waals surface area contributed by atoms with Gasteiger partial charge in [0.15, 0.2) is 11.6 Å². The minimum absolute atomic E-state index is 0.792. The highest BCUT2D eigenvalue weighted by molar-refractivity contribution is 6.23. The van der Waals surface area contributed by atoms with Crippen molar-refractivity contribution in [1.82, 2.24) is 23.9 Å². The molecule has 0 aliphatic carbocycles. The second-order valence-electron chi connectivity index (χ2n) is 14.3. The summed E-state index contributed by atoms with van der Waals surface area (Å²) >= 11 is 0. The summed E-state index contributed by atoms with van der Waals surface area (Å²) in [4.78, 5) is 0. The Hall–Kier alpha value is -7.70. The fraction of sp³-hybridized carbons (Fsp3) is 0. The van der Waals surface area contributed by atoms with Crippen LogP contribution in [0.25, 0.3) is 105 Å². The first-order valence-electron chi connectivity index (χ1n) is 18.8. The molecule has 12 rings (SSSR count). The van der Waals surface area contributed by atoms with Crippen molar-refractivity contribution < 1.29 is 4.42 Å². The molecule has 12 aromatic rings. The molecule has 0 atom stereocenters. The van der Waals surface area contributed by atoms with Gasteiger partial charge in [-0.05, 0) is 78.9 Å². The van der Waals surface area contributed by atoms with E-state index in [0.717, 1.165) is 94.6 Å². The summed E-state index contributed by atoms with van der Waals surface area (Å²) in [6, 6.07) is 66.2. The monoisotopic (exact) mass is 717 g/mol. The fourth-order valence-corrected chi connectivity index (χ4v) is 8.74. The lowest BCUT2D eigenvalue weighted by Crippen LogP contribution is -2.00. The maximum atomic E-state index is 6.57. The Labute approximate surface area is 320 Å². The van der Waals surface area contributed by atoms with E-state index >= 15 is 0 Å². The highest BCUT2D eigenvalue weighted by Crippen LogP contribution is 2.41. The van der Waals surface area contributed by atoms with Crippen LogP contribution in [0, 0.1) is 0 Å². The van der Waals surface area contributed by atoms with Crippen LogP contribution in [0.4, 0.5) is 0 Å². The van der Waals surface area contributed by atoms with E-state index in [9.17, 15) is 0 Å². The Morgan fingerprint density at radius 1 is 0.339 bits per heavy atom. The number of aromatic nitrogens is 5. The molecule has 0 fully saturated rings. The largest absolute Gasteiger partial charge is 0.455 e. The zero-order valence-electron chi connectivity index (χ0n) is 30.0. The van der Waals surface area contributed by atoms with E-state index in [4.69, 9.17) is 14.6 Å². The standard InChI is InChI=1S/C50H31N5O/c1-3-14-32(15-4-1)49-51-52-50(55(49)34-16-5-2-6-17-34)33-26-28-44-41(30-33)37-20-7-10-23-42(37)53(44)35-18-13-19-36(31-35)54-43-24-11-8-22-40(43)47-45(54)29-27-39-38-21-9-12-25-46(38)56-48(39)47/h1-31H. The lowest BCUT2D eigenvalue weighted by atomic mass is 10.1. The molecule has 0 unspecified atom stereocenters. The van der Waals surface area contributed by atoms with Gasteiger partial charge in [0.25, 0.3) is 0 Å². The maximum absolute atomic E-state index is 6.57. The average molecular weight is 718 g/mol. The first-order chi connectivity index (χ1) is 27.8. The molecule has 4 aromatic heterocycles. The number of nitrogens with zero attached hydrogens (tertiary/aromatic N) is 5. The minimum Gasteiger partial charge on any atom is -0.455 e. The molecule has 0 bridgehead atoms. The third kappa shape index (κ3) is 4.44. The molecule has 0 amide bonds. The van der Waals surface area contributed by atoms with Gasteiger partial charge in [0.1, 0.15) is 11.2 Å². The molecule has 0 spiro atoms. The highest BCUT2D eigenvalue weighted by atomic mass is 16.3. The number of para-hydroxylation sites is 4. The summed E-state index contributed by atoms with van der Waals surface area (Å²) in [6.07, 6.45) is 0. The zero-order valence-corrected chi connectivity index (χ0v) is 30.0. The van der Waals surface area contributed by atoms with Crippen molar-refractivity contribution in [2.24, 2.45) is 0 Å². The van der Waals surface area contributed by atoms with E-state index in [1.807, 2.05) is 30.3 Å². The molecule has 0 saturated heterocycles. The van der Waals surface area contributed by atoms with E-state index in [-0.39, 0.29) is 0 Å². The Morgan fingerprint density at radius 2 is 0.911 bits per heavy atom. The van der Waals surface area contributed by atoms with Crippen LogP contribution >= 0.6 is 0 Å². The molecule has 0 aliphatic heterocycles. The van der Waals surface area contributed by atoms with Gasteiger partial charge in [-0.3, -0.25) is 4.57 Å². The van der Waals surface area contributed by atoms with Crippen LogP contribution in [0.15, 0.2) is 192 Å². The van der Waals surface area contributed by atoms with Crippen LogP contribution in [0.1, 0.15) is 0 Å². The quantitative estimate of drug-likeness (QED) is 0.178. The Kier molecular flexibility index (Phi) is 6.53. The van der Waals surface area contributed by atoms with Gasteiger partial charge >= 0.3 is 0 Å². The summed E-state index contributed by atoms with van der Waals surface area (Å²) in [7, 11) is 0. The second kappa shape index (κ2) is 11.9. The van der Waals surface area contributed by atoms with Crippen LogP contribution in [0.3, 0.4) is 0 Å². The molecular weight excluding hydrogens is 687 g/mol. The number of fused-ring (bicyclic) bond motifs is 10. The third-order valence-corrected chi connectivity index (χ3v) is 11.2. The first kappa shape index (κ1) is 30.7. The summed E-state index contributed by atoms with van der Waals surface area (Å²) in [5, 5.41) is 16.4. The predicted octanol–water partition coefficient (Wildman–Crippen LogP) is 12.7. The van der Waals surface area contributed by atoms with Crippen molar-refractivity contribution in [1.29, 1.82) is 0 Å². The van der Waals surface area contributed by atoms with Gasteiger partial charge in [-0.15, -0.1) is 10.2 Å². The predicted molar refractivity (Wildman–Crippen MR) is 228 cm³/mol. The van der Waals surface area contributed by atoms with Crippen LogP contribution in [-0.2, 0) is 0 Å². The topological polar surface area (TPSA) is 53.7 Å². The molecule has 6 heteroatoms. The van der Waals surface area contributed by atoms with Crippen molar-refractivity contribution in [2.45, 2.75) is 0 Å². The zero-order chi connectivity index (χ0) is 36.7. The number of hydrogen-bond donors (Lipinski definition) is 0. The number of benzene rings is 8. The SMILES string of the molecule is c1ccc(-c2nnc(-c3ccc4c(c3)c3ccccc3n4-c3cccc(-n4c5ccccc5c5c6oc7ccccc7c6ccc54)c3)n2-c2ccccc2)cc1. The van der Waals surface area contributed by atoms with Gasteiger partial charge in [0, 0.05) is 55.1 Å². The molecule has 262 valence electrons. The number of hydrogen-bond acceptors (Lipinski definition) is 3. The molecule has 8 aromatic carbocycles. The van der Waals surface area contributed by atoms with Crippen molar-refractivity contribution in [3.8, 4) is 39.8 Å². The van der Waals surface area contributed by atoms with E-state index in [2.05, 4.69) is 171 Å². The molecule has 6 nitrogen and oxygen atoms in total. The van der Waals surface area contributed by atoms with E-state index in [0.29, 0.717) is 0 Å². The second-order valence-corrected chi connectivity index (χ2v) is 14.3. The van der Waals surface area contributed by atoms with Gasteiger partial charge in [-0.1, -0.05) is 109 Å². The lowest BCUT2D eigenvalue weighted by Gasteiger charge is -2.13. The molecule has 0 aliphatic rings. The first-order valence-corrected chi connectivity index (χ1v) is 18.8. The van der Waals surface area contributed by atoms with Gasteiger partial charge in [0.2, 0.25) is 0 Å². The third-order valence-electron chi connectivity index (χ3n) is 11.2. The Bertz CT molecular complexity index is 3480. The number of rotatable bonds is 5. The van der Waals surface area contributed by atoms with Crippen LogP contribution in [-0.4, -0.2) is 23.9 Å². The van der Waals surface area contributed by atoms with Crippen molar-refractivity contribution in [3.63, 3.8) is 0 Å². The molecule has 4 heterocycles. The van der Waals surface area contributed by atoms with E-state index < -0.39 is 0 Å². The maximum Gasteiger partial charge on any atom is 0.168 e. The molecular formula is C50H31N5O. The van der Waals surface area contributed by atoms with Crippen LogP contribution in [0.2, 0.25) is 0 Å². The van der Waals surface area contributed by atoms with Crippen LogP contribution in [0.5, 0.6) is 0 Å². The highest BCUT2D eigenvalue weighted by Gasteiger charge is 2.21. The van der Waals surface area contributed by atoms with Gasteiger partial charge in [0.05, 0.1) is 27.5 Å². The summed E-state index contributed by atoms with van der Waals surface area (Å²) in [6.45, 7) is 0. The Morgan fingerprint density at radius 3 is 1.70 bits per heavy atom. The molecule has 56 heavy (non-hydrogen) atoms. The summed E-state index contributed by atoms with van der Waals surface area (Å²) in [5.74, 6) is 1.60. The lowest BCUT2D eigenvalue weighted by molar-refractivity contribution is 0.673. The van der Waals surface area contributed by atoms with Gasteiger partial charge in [-0.25, -0.2) is 0 Å². The summed E-state index contributed by atoms with van der Waals surface area (Å²) in [5.41, 5.74) is 11.5.